The predicted octanol–water partition coefficient (Wildman–Crippen LogP) is 5.95. The van der Waals surface area contributed by atoms with E-state index in [9.17, 15) is 18.0 Å². The molecule has 0 unspecified atom stereocenters. The third-order valence-electron chi connectivity index (χ3n) is 6.69. The van der Waals surface area contributed by atoms with Gasteiger partial charge in [0.15, 0.2) is 0 Å². The molecule has 6 nitrogen and oxygen atoms in total. The lowest BCUT2D eigenvalue weighted by atomic mass is 10.0. The molecule has 1 saturated heterocycles. The summed E-state index contributed by atoms with van der Waals surface area (Å²) in [5.74, 6) is 5.74. The number of amides is 1. The summed E-state index contributed by atoms with van der Waals surface area (Å²) in [6.45, 7) is 12.8. The fraction of sp³-hybridized carbons (Fsp3) is 0.355. The third kappa shape index (κ3) is 8.57. The van der Waals surface area contributed by atoms with Crippen LogP contribution in [0.3, 0.4) is 0 Å². The summed E-state index contributed by atoms with van der Waals surface area (Å²) in [4.78, 5) is 16.9. The summed E-state index contributed by atoms with van der Waals surface area (Å²) in [5.41, 5.74) is 2.38. The van der Waals surface area contributed by atoms with Gasteiger partial charge in [-0.15, -0.1) is 0 Å². The van der Waals surface area contributed by atoms with Crippen LogP contribution in [0.1, 0.15) is 38.3 Å². The number of benzene rings is 1. The standard InChI is InChI=1S/C31H36F3N5O/c1-6-23(3)25(11-14-28(7-2)39-24(4)9-8-16-35-39)12-15-30(40)36-27-13-10-26(29(21-27)31(32,33)34)22-38-19-17-37(5)18-20-38/h6-10,12-13,16,21H,4,15,17-20,22H2,1-3,5H3,(H,36,40)/b23-6-,25-12-,28-7-. The van der Waals surface area contributed by atoms with Crippen LogP contribution < -0.4 is 5.32 Å². The molecule has 1 fully saturated rings. The number of hydrogen-bond acceptors (Lipinski definition) is 5. The van der Waals surface area contributed by atoms with Crippen LogP contribution in [0.4, 0.5) is 18.9 Å². The van der Waals surface area contributed by atoms with Crippen molar-refractivity contribution >= 4 is 17.8 Å². The highest BCUT2D eigenvalue weighted by Gasteiger charge is 2.34. The SMILES string of the molecule is C=C1C=CC=NN1/C(C#CC(=C/CC(=O)Nc1ccc(CN2CCN(C)CC2)c(C(F)(F)F)c1)/C(C)=C\C)=C\C. The molecule has 1 aromatic rings. The normalized spacial score (nSPS) is 17.6. The molecule has 3 rings (SSSR count). The zero-order chi connectivity index (χ0) is 29.3. The number of hydrazone groups is 1. The highest BCUT2D eigenvalue weighted by molar-refractivity contribution is 5.92. The smallest absolute Gasteiger partial charge is 0.326 e. The van der Waals surface area contributed by atoms with Gasteiger partial charge in [0.1, 0.15) is 5.70 Å². The van der Waals surface area contributed by atoms with Gasteiger partial charge < -0.3 is 10.2 Å². The minimum absolute atomic E-state index is 0.0535. The minimum Gasteiger partial charge on any atom is -0.326 e. The maximum Gasteiger partial charge on any atom is 0.416 e. The van der Waals surface area contributed by atoms with Gasteiger partial charge in [-0.3, -0.25) is 9.69 Å². The summed E-state index contributed by atoms with van der Waals surface area (Å²) >= 11 is 0. The van der Waals surface area contributed by atoms with E-state index in [1.807, 2.05) is 50.9 Å². The van der Waals surface area contributed by atoms with Crippen molar-refractivity contribution in [3.05, 3.63) is 88.8 Å². The van der Waals surface area contributed by atoms with Gasteiger partial charge in [-0.25, -0.2) is 5.01 Å². The Morgan fingerprint density at radius 1 is 1.15 bits per heavy atom. The van der Waals surface area contributed by atoms with Crippen LogP contribution in [0.5, 0.6) is 0 Å². The quantitative estimate of drug-likeness (QED) is 0.336. The van der Waals surface area contributed by atoms with E-state index >= 15 is 0 Å². The van der Waals surface area contributed by atoms with Crippen molar-refractivity contribution < 1.29 is 18.0 Å². The highest BCUT2D eigenvalue weighted by Crippen LogP contribution is 2.34. The molecule has 2 aliphatic rings. The van der Waals surface area contributed by atoms with Gasteiger partial charge in [0.05, 0.1) is 11.3 Å². The average molecular weight is 552 g/mol. The molecule has 212 valence electrons. The number of anilines is 1. The number of carbonyl (C=O) groups is 1. The molecule has 40 heavy (non-hydrogen) atoms. The van der Waals surface area contributed by atoms with Gasteiger partial charge in [-0.2, -0.15) is 18.3 Å². The monoisotopic (exact) mass is 551 g/mol. The van der Waals surface area contributed by atoms with Crippen LogP contribution in [0, 0.1) is 11.8 Å². The van der Waals surface area contributed by atoms with Crippen LogP contribution in [-0.4, -0.2) is 60.2 Å². The lowest BCUT2D eigenvalue weighted by molar-refractivity contribution is -0.138. The van der Waals surface area contributed by atoms with E-state index in [0.717, 1.165) is 24.7 Å². The number of likely N-dealkylation sites (N-methyl/N-ethyl adjacent to an activating group) is 1. The number of allylic oxidation sites excluding steroid dienone is 7. The molecule has 1 aromatic carbocycles. The largest absolute Gasteiger partial charge is 0.416 e. The Labute approximate surface area is 234 Å². The predicted molar refractivity (Wildman–Crippen MR) is 155 cm³/mol. The van der Waals surface area contributed by atoms with Gasteiger partial charge in [0.25, 0.3) is 0 Å². The Kier molecular flexibility index (Phi) is 10.7. The van der Waals surface area contributed by atoms with Gasteiger partial charge in [0.2, 0.25) is 5.91 Å². The van der Waals surface area contributed by atoms with Crippen molar-refractivity contribution in [2.75, 3.05) is 38.5 Å². The Balaban J connectivity index is 1.74. The first-order valence-electron chi connectivity index (χ1n) is 13.1. The summed E-state index contributed by atoms with van der Waals surface area (Å²) in [6.07, 6.45) is 6.03. The first-order valence-corrected chi connectivity index (χ1v) is 13.1. The second-order valence-electron chi connectivity index (χ2n) is 9.64. The number of hydrogen-bond donors (Lipinski definition) is 1. The number of alkyl halides is 3. The van der Waals surface area contributed by atoms with Crippen molar-refractivity contribution in [1.29, 1.82) is 0 Å². The molecule has 0 aliphatic carbocycles. The molecular weight excluding hydrogens is 515 g/mol. The number of nitrogens with one attached hydrogen (secondary N) is 1. The molecule has 9 heteroatoms. The van der Waals surface area contributed by atoms with Crippen LogP contribution >= 0.6 is 0 Å². The fourth-order valence-corrected chi connectivity index (χ4v) is 4.18. The molecule has 0 spiro atoms. The molecule has 2 aliphatic heterocycles. The van der Waals surface area contributed by atoms with Gasteiger partial charge in [-0.1, -0.05) is 36.8 Å². The van der Waals surface area contributed by atoms with E-state index in [1.54, 1.807) is 23.4 Å². The lowest BCUT2D eigenvalue weighted by Gasteiger charge is -2.33. The second kappa shape index (κ2) is 14.0. The lowest BCUT2D eigenvalue weighted by Crippen LogP contribution is -2.44. The van der Waals surface area contributed by atoms with Crippen molar-refractivity contribution in [1.82, 2.24) is 14.8 Å². The summed E-state index contributed by atoms with van der Waals surface area (Å²) in [5, 5.41) is 8.51. The van der Waals surface area contributed by atoms with Crippen LogP contribution in [0.2, 0.25) is 0 Å². The molecule has 0 radical (unpaired) electrons. The van der Waals surface area contributed by atoms with Gasteiger partial charge in [0, 0.05) is 56.6 Å². The van der Waals surface area contributed by atoms with E-state index < -0.39 is 17.6 Å². The number of carbonyl (C=O) groups excluding carboxylic acids is 1. The fourth-order valence-electron chi connectivity index (χ4n) is 4.18. The topological polar surface area (TPSA) is 51.2 Å². The van der Waals surface area contributed by atoms with Gasteiger partial charge in [-0.05, 0) is 69.2 Å². The molecule has 0 aromatic heterocycles. The summed E-state index contributed by atoms with van der Waals surface area (Å²) in [6, 6.07) is 4.00. The van der Waals surface area contributed by atoms with Crippen LogP contribution in [-0.2, 0) is 17.5 Å². The van der Waals surface area contributed by atoms with Crippen molar-refractivity contribution in [2.45, 2.75) is 39.9 Å². The molecule has 1 amide bonds. The van der Waals surface area contributed by atoms with Gasteiger partial charge >= 0.3 is 6.18 Å². The summed E-state index contributed by atoms with van der Waals surface area (Å²) < 4.78 is 41.7. The molecule has 0 atom stereocenters. The Bertz CT molecular complexity index is 1320. The minimum atomic E-state index is -4.53. The molecule has 1 N–H and O–H groups in total. The molecule has 0 bridgehead atoms. The Morgan fingerprint density at radius 2 is 1.88 bits per heavy atom. The number of nitrogens with zero attached hydrogens (tertiary/aromatic N) is 4. The third-order valence-corrected chi connectivity index (χ3v) is 6.69. The first kappa shape index (κ1) is 30.7. The highest BCUT2D eigenvalue weighted by atomic mass is 19.4. The van der Waals surface area contributed by atoms with Crippen LogP contribution in [0.25, 0.3) is 0 Å². The molecule has 2 heterocycles. The second-order valence-corrected chi connectivity index (χ2v) is 9.64. The van der Waals surface area contributed by atoms with Crippen molar-refractivity contribution in [3.8, 4) is 11.8 Å². The zero-order valence-corrected chi connectivity index (χ0v) is 23.5. The van der Waals surface area contributed by atoms with Crippen molar-refractivity contribution in [3.63, 3.8) is 0 Å². The van der Waals surface area contributed by atoms with E-state index in [1.165, 1.54) is 12.1 Å². The number of halogens is 3. The maximum atomic E-state index is 13.9. The van der Waals surface area contributed by atoms with Crippen molar-refractivity contribution in [2.24, 2.45) is 5.10 Å². The first-order chi connectivity index (χ1) is 19.0. The Hall–Kier alpha value is -3.87. The van der Waals surface area contributed by atoms with E-state index in [0.29, 0.717) is 30.1 Å². The summed E-state index contributed by atoms with van der Waals surface area (Å²) in [7, 11) is 2.00. The van der Waals surface area contributed by atoms with E-state index in [4.69, 9.17) is 0 Å². The molecule has 0 saturated carbocycles. The van der Waals surface area contributed by atoms with E-state index in [2.05, 4.69) is 33.7 Å². The number of piperazine rings is 1. The zero-order valence-electron chi connectivity index (χ0n) is 23.5. The van der Waals surface area contributed by atoms with E-state index in [-0.39, 0.29) is 24.2 Å². The Morgan fingerprint density at radius 3 is 2.50 bits per heavy atom. The molecular formula is C31H36F3N5O. The number of rotatable bonds is 7. The average Bonchev–Trinajstić information content (AvgIpc) is 2.92. The van der Waals surface area contributed by atoms with Crippen LogP contribution in [0.15, 0.2) is 82.8 Å². The maximum absolute atomic E-state index is 13.9.